The van der Waals surface area contributed by atoms with Crippen molar-refractivity contribution in [2.45, 2.75) is 53.1 Å². The third-order valence-electron chi connectivity index (χ3n) is 4.67. The normalized spacial score (nSPS) is 11.9. The maximum Gasteiger partial charge on any atom is 0.219 e. The zero-order valence-corrected chi connectivity index (χ0v) is 16.7. The minimum absolute atomic E-state index is 0.00982. The zero-order chi connectivity index (χ0) is 19.8. The number of carbonyl (C=O) groups is 2. The predicted molar refractivity (Wildman–Crippen MR) is 110 cm³/mol. The molecule has 0 aliphatic rings. The van der Waals surface area contributed by atoms with Crippen molar-refractivity contribution >= 4 is 11.8 Å². The van der Waals surface area contributed by atoms with Gasteiger partial charge in [-0.2, -0.15) is 0 Å². The lowest BCUT2D eigenvalue weighted by atomic mass is 9.94. The van der Waals surface area contributed by atoms with Gasteiger partial charge in [0.25, 0.3) is 0 Å². The third-order valence-corrected chi connectivity index (χ3v) is 4.67. The first-order valence-corrected chi connectivity index (χ1v) is 9.61. The molecule has 2 aromatic rings. The van der Waals surface area contributed by atoms with Gasteiger partial charge in [-0.1, -0.05) is 69.3 Å². The van der Waals surface area contributed by atoms with Crippen LogP contribution in [-0.2, 0) is 22.6 Å². The van der Waals surface area contributed by atoms with Crippen LogP contribution in [0.2, 0.25) is 0 Å². The van der Waals surface area contributed by atoms with Gasteiger partial charge in [0.2, 0.25) is 11.8 Å². The summed E-state index contributed by atoms with van der Waals surface area (Å²) in [4.78, 5) is 22.8. The van der Waals surface area contributed by atoms with E-state index in [9.17, 15) is 9.59 Å². The van der Waals surface area contributed by atoms with E-state index in [0.717, 1.165) is 23.1 Å². The largest absolute Gasteiger partial charge is 0.353 e. The highest BCUT2D eigenvalue weighted by molar-refractivity contribution is 5.75. The van der Waals surface area contributed by atoms with Gasteiger partial charge in [0, 0.05) is 25.9 Å². The van der Waals surface area contributed by atoms with Crippen LogP contribution in [0, 0.1) is 5.92 Å². The summed E-state index contributed by atoms with van der Waals surface area (Å²) in [6, 6.07) is 16.8. The van der Waals surface area contributed by atoms with Crippen LogP contribution in [-0.4, -0.2) is 17.9 Å². The standard InChI is InChI=1S/C23H30N2O2/c1-5-23(27)24-15-18-9-11-20(12-10-18)21-8-6-7-19(13-21)14-22(16(2)3)25-17(4)26/h6-13,16,22H,5,14-15H2,1-4H3,(H,24,27)(H,25,26)/t22-/m0/s1. The maximum atomic E-state index is 11.4. The highest BCUT2D eigenvalue weighted by Gasteiger charge is 2.15. The fraction of sp³-hybridized carbons (Fsp3) is 0.391. The first kappa shape index (κ1) is 20.7. The lowest BCUT2D eigenvalue weighted by Gasteiger charge is -2.22. The quantitative estimate of drug-likeness (QED) is 0.739. The second-order valence-electron chi connectivity index (χ2n) is 7.28. The van der Waals surface area contributed by atoms with Crippen molar-refractivity contribution in [3.05, 3.63) is 59.7 Å². The number of carbonyl (C=O) groups excluding carboxylic acids is 2. The van der Waals surface area contributed by atoms with Crippen LogP contribution in [0.15, 0.2) is 48.5 Å². The minimum atomic E-state index is 0.00982. The Morgan fingerprint density at radius 3 is 2.26 bits per heavy atom. The van der Waals surface area contributed by atoms with E-state index in [1.54, 1.807) is 6.92 Å². The summed E-state index contributed by atoms with van der Waals surface area (Å²) in [5.41, 5.74) is 4.59. The van der Waals surface area contributed by atoms with Crippen LogP contribution in [0.5, 0.6) is 0 Å². The van der Waals surface area contributed by atoms with E-state index in [1.165, 1.54) is 5.56 Å². The molecule has 2 amide bonds. The lowest BCUT2D eigenvalue weighted by molar-refractivity contribution is -0.121. The van der Waals surface area contributed by atoms with Crippen molar-refractivity contribution in [1.29, 1.82) is 0 Å². The molecule has 0 radical (unpaired) electrons. The summed E-state index contributed by atoms with van der Waals surface area (Å²) < 4.78 is 0. The molecule has 0 fully saturated rings. The van der Waals surface area contributed by atoms with Crippen LogP contribution < -0.4 is 10.6 Å². The van der Waals surface area contributed by atoms with E-state index in [2.05, 4.69) is 60.9 Å². The van der Waals surface area contributed by atoms with Crippen LogP contribution in [0.25, 0.3) is 11.1 Å². The van der Waals surface area contributed by atoms with Crippen molar-refractivity contribution in [3.8, 4) is 11.1 Å². The SMILES string of the molecule is CCC(=O)NCc1ccc(-c2cccc(C[C@H](NC(C)=O)C(C)C)c2)cc1. The van der Waals surface area contributed by atoms with Gasteiger partial charge in [0.05, 0.1) is 0 Å². The van der Waals surface area contributed by atoms with Crippen molar-refractivity contribution in [1.82, 2.24) is 10.6 Å². The number of hydrogen-bond acceptors (Lipinski definition) is 2. The average Bonchev–Trinajstić information content (AvgIpc) is 2.65. The molecule has 0 heterocycles. The molecule has 0 aromatic heterocycles. The Balaban J connectivity index is 2.10. The van der Waals surface area contributed by atoms with Crippen LogP contribution in [0.4, 0.5) is 0 Å². The second kappa shape index (κ2) is 9.91. The molecular formula is C23H30N2O2. The number of hydrogen-bond donors (Lipinski definition) is 2. The molecule has 0 saturated heterocycles. The molecule has 1 atom stereocenters. The predicted octanol–water partition coefficient (Wildman–Crippen LogP) is 4.08. The summed E-state index contributed by atoms with van der Waals surface area (Å²) in [5, 5.41) is 5.94. The zero-order valence-electron chi connectivity index (χ0n) is 16.7. The molecule has 0 bridgehead atoms. The topological polar surface area (TPSA) is 58.2 Å². The fourth-order valence-corrected chi connectivity index (χ4v) is 2.99. The van der Waals surface area contributed by atoms with E-state index in [0.29, 0.717) is 18.9 Å². The molecule has 2 rings (SSSR count). The number of benzene rings is 2. The molecule has 0 aliphatic heterocycles. The average molecular weight is 367 g/mol. The Morgan fingerprint density at radius 1 is 0.963 bits per heavy atom. The number of nitrogens with one attached hydrogen (secondary N) is 2. The highest BCUT2D eigenvalue weighted by atomic mass is 16.2. The van der Waals surface area contributed by atoms with E-state index < -0.39 is 0 Å². The van der Waals surface area contributed by atoms with Crippen LogP contribution >= 0.6 is 0 Å². The molecule has 0 saturated carbocycles. The smallest absolute Gasteiger partial charge is 0.219 e. The van der Waals surface area contributed by atoms with Gasteiger partial charge >= 0.3 is 0 Å². The Kier molecular flexibility index (Phi) is 7.59. The van der Waals surface area contributed by atoms with Gasteiger partial charge in [-0.3, -0.25) is 9.59 Å². The fourth-order valence-electron chi connectivity index (χ4n) is 2.99. The molecule has 0 unspecified atom stereocenters. The summed E-state index contributed by atoms with van der Waals surface area (Å²) in [6.45, 7) is 8.22. The molecule has 27 heavy (non-hydrogen) atoms. The molecule has 144 valence electrons. The third kappa shape index (κ3) is 6.55. The van der Waals surface area contributed by atoms with Gasteiger partial charge in [-0.25, -0.2) is 0 Å². The minimum Gasteiger partial charge on any atom is -0.353 e. The van der Waals surface area contributed by atoms with E-state index >= 15 is 0 Å². The Morgan fingerprint density at radius 2 is 1.67 bits per heavy atom. The molecular weight excluding hydrogens is 336 g/mol. The number of amides is 2. The Hall–Kier alpha value is -2.62. The Bertz CT molecular complexity index is 766. The van der Waals surface area contributed by atoms with Gasteiger partial charge in [0.1, 0.15) is 0 Å². The number of rotatable bonds is 8. The molecule has 0 aliphatic carbocycles. The van der Waals surface area contributed by atoms with Gasteiger partial charge in [0.15, 0.2) is 0 Å². The molecule has 0 spiro atoms. The Labute approximate surface area is 162 Å². The van der Waals surface area contributed by atoms with Crippen molar-refractivity contribution in [2.75, 3.05) is 0 Å². The second-order valence-corrected chi connectivity index (χ2v) is 7.28. The maximum absolute atomic E-state index is 11.4. The van der Waals surface area contributed by atoms with E-state index in [1.807, 2.05) is 19.1 Å². The monoisotopic (exact) mass is 366 g/mol. The molecule has 2 N–H and O–H groups in total. The first-order chi connectivity index (χ1) is 12.9. The van der Waals surface area contributed by atoms with Crippen molar-refractivity contribution in [2.24, 2.45) is 5.92 Å². The molecule has 2 aromatic carbocycles. The van der Waals surface area contributed by atoms with Gasteiger partial charge in [-0.15, -0.1) is 0 Å². The van der Waals surface area contributed by atoms with Crippen LogP contribution in [0.1, 0.15) is 45.2 Å². The van der Waals surface area contributed by atoms with Gasteiger partial charge in [-0.05, 0) is 34.6 Å². The summed E-state index contributed by atoms with van der Waals surface area (Å²) in [7, 11) is 0. The lowest BCUT2D eigenvalue weighted by Crippen LogP contribution is -2.38. The van der Waals surface area contributed by atoms with Gasteiger partial charge < -0.3 is 10.6 Å². The summed E-state index contributed by atoms with van der Waals surface area (Å²) in [6.07, 6.45) is 1.31. The summed E-state index contributed by atoms with van der Waals surface area (Å²) in [5.74, 6) is 0.441. The molecule has 4 nitrogen and oxygen atoms in total. The van der Waals surface area contributed by atoms with E-state index in [-0.39, 0.29) is 17.9 Å². The molecule has 4 heteroatoms. The van der Waals surface area contributed by atoms with Crippen molar-refractivity contribution < 1.29 is 9.59 Å². The summed E-state index contributed by atoms with van der Waals surface area (Å²) >= 11 is 0. The first-order valence-electron chi connectivity index (χ1n) is 9.61. The van der Waals surface area contributed by atoms with E-state index in [4.69, 9.17) is 0 Å². The highest BCUT2D eigenvalue weighted by Crippen LogP contribution is 2.22. The van der Waals surface area contributed by atoms with Crippen molar-refractivity contribution in [3.63, 3.8) is 0 Å². The van der Waals surface area contributed by atoms with Crippen LogP contribution in [0.3, 0.4) is 0 Å².